The molecule has 2 heterocycles. The minimum Gasteiger partial charge on any atom is -0.318 e. The minimum atomic E-state index is 0.158. The summed E-state index contributed by atoms with van der Waals surface area (Å²) in [6.45, 7) is 4.29. The third-order valence-corrected chi connectivity index (χ3v) is 9.14. The molecule has 3 aliphatic rings. The Morgan fingerprint density at radius 3 is 2.41 bits per heavy atom. The van der Waals surface area contributed by atoms with Crippen molar-refractivity contribution in [2.24, 2.45) is 4.99 Å². The molecular weight excluding hydrogens is 553 g/mol. The Morgan fingerprint density at radius 1 is 1.00 bits per heavy atom. The molecule has 1 saturated heterocycles. The summed E-state index contributed by atoms with van der Waals surface area (Å²) in [6, 6.07) is 11.4. The smallest absolute Gasteiger partial charge is 0.267 e. The van der Waals surface area contributed by atoms with Crippen molar-refractivity contribution in [3.05, 3.63) is 55.8 Å². The van der Waals surface area contributed by atoms with Crippen LogP contribution in [0.15, 0.2) is 40.2 Å². The molecule has 1 aliphatic heterocycles. The minimum absolute atomic E-state index is 0.158. The van der Waals surface area contributed by atoms with E-state index in [1.165, 1.54) is 59.2 Å². The molecule has 2 aromatic rings. The zero-order valence-electron chi connectivity index (χ0n) is 20.2. The van der Waals surface area contributed by atoms with Crippen molar-refractivity contribution in [2.45, 2.75) is 90.1 Å². The normalized spacial score (nSPS) is 22.9. The lowest BCUT2D eigenvalue weighted by atomic mass is 9.94. The van der Waals surface area contributed by atoms with Gasteiger partial charge in [-0.25, -0.2) is 0 Å². The van der Waals surface area contributed by atoms with Crippen molar-refractivity contribution in [2.75, 3.05) is 0 Å². The summed E-state index contributed by atoms with van der Waals surface area (Å²) in [4.78, 5) is 21.8. The zero-order chi connectivity index (χ0) is 23.7. The number of benzene rings is 1. The Hall–Kier alpha value is -1.54. The van der Waals surface area contributed by atoms with Gasteiger partial charge in [-0.05, 0) is 110 Å². The largest absolute Gasteiger partial charge is 0.318 e. The number of nitrogens with zero attached hydrogens (tertiary/aromatic N) is 3. The summed E-state index contributed by atoms with van der Waals surface area (Å²) in [5.41, 5.74) is 4.64. The highest BCUT2D eigenvalue weighted by molar-refractivity contribution is 14.1. The Balaban J connectivity index is 1.48. The Morgan fingerprint density at radius 2 is 1.71 bits per heavy atom. The number of aryl methyl sites for hydroxylation is 1. The van der Waals surface area contributed by atoms with Crippen LogP contribution in [0, 0.1) is 17.4 Å². The van der Waals surface area contributed by atoms with Gasteiger partial charge in [0.1, 0.15) is 0 Å². The van der Waals surface area contributed by atoms with Crippen LogP contribution in [0.4, 0.5) is 0 Å². The maximum atomic E-state index is 13.7. The van der Waals surface area contributed by atoms with Crippen LogP contribution in [0.2, 0.25) is 0 Å². The van der Waals surface area contributed by atoms with E-state index in [0.29, 0.717) is 12.1 Å². The number of thioether (sulfide) groups is 1. The van der Waals surface area contributed by atoms with E-state index in [1.807, 2.05) is 0 Å². The summed E-state index contributed by atoms with van der Waals surface area (Å²) in [6.07, 6.45) is 14.2. The molecule has 6 heteroatoms. The van der Waals surface area contributed by atoms with Gasteiger partial charge in [-0.1, -0.05) is 44.6 Å². The molecule has 0 radical (unpaired) electrons. The molecule has 0 bridgehead atoms. The molecule has 0 spiro atoms. The Bertz CT molecular complexity index is 1120. The first-order valence-electron chi connectivity index (χ1n) is 12.8. The van der Waals surface area contributed by atoms with Crippen molar-refractivity contribution >= 4 is 51.5 Å². The first-order chi connectivity index (χ1) is 16.5. The van der Waals surface area contributed by atoms with Crippen molar-refractivity contribution in [1.82, 2.24) is 9.47 Å². The van der Waals surface area contributed by atoms with Crippen LogP contribution in [0.5, 0.6) is 0 Å². The standard InChI is InChI=1S/C28H34IN3OS/c1-19-16-21(20(2)31(19)25-15-9-10-22(29)18-25)17-26-27(33)32(24-13-7-4-8-14-24)28(34-26)30-23-11-5-3-6-12-23/h9-10,15-18,23-24H,3-8,11-14H2,1-2H3. The Labute approximate surface area is 221 Å². The van der Waals surface area contributed by atoms with E-state index in [0.717, 1.165) is 41.3 Å². The lowest BCUT2D eigenvalue weighted by Crippen LogP contribution is -2.41. The molecule has 1 aromatic heterocycles. The topological polar surface area (TPSA) is 37.6 Å². The van der Waals surface area contributed by atoms with Gasteiger partial charge >= 0.3 is 0 Å². The predicted molar refractivity (Wildman–Crippen MR) is 152 cm³/mol. The number of rotatable bonds is 4. The van der Waals surface area contributed by atoms with Crippen LogP contribution in [-0.2, 0) is 4.79 Å². The van der Waals surface area contributed by atoms with Crippen molar-refractivity contribution in [1.29, 1.82) is 0 Å². The molecule has 34 heavy (non-hydrogen) atoms. The number of carbonyl (C=O) groups excluding carboxylic acids is 1. The molecule has 2 aliphatic carbocycles. The maximum absolute atomic E-state index is 13.7. The van der Waals surface area contributed by atoms with Crippen LogP contribution in [0.1, 0.15) is 81.2 Å². The number of aromatic nitrogens is 1. The number of hydrogen-bond donors (Lipinski definition) is 0. The van der Waals surface area contributed by atoms with Gasteiger partial charge < -0.3 is 4.57 Å². The molecule has 0 unspecified atom stereocenters. The van der Waals surface area contributed by atoms with Crippen LogP contribution < -0.4 is 0 Å². The van der Waals surface area contributed by atoms with E-state index in [1.54, 1.807) is 11.8 Å². The van der Waals surface area contributed by atoms with Crippen LogP contribution in [-0.4, -0.2) is 32.6 Å². The lowest BCUT2D eigenvalue weighted by Gasteiger charge is -2.31. The SMILES string of the molecule is Cc1cc(C=C2SC(=NC3CCCCC3)N(C3CCCCC3)C2=O)c(C)n1-c1cccc(I)c1. The van der Waals surface area contributed by atoms with Gasteiger partial charge in [0.25, 0.3) is 5.91 Å². The number of amidine groups is 1. The first-order valence-corrected chi connectivity index (χ1v) is 14.7. The van der Waals surface area contributed by atoms with Crippen LogP contribution >= 0.6 is 34.4 Å². The average Bonchev–Trinajstić information content (AvgIpc) is 3.29. The highest BCUT2D eigenvalue weighted by atomic mass is 127. The molecule has 5 rings (SSSR count). The number of halogens is 1. The van der Waals surface area contributed by atoms with E-state index < -0.39 is 0 Å². The highest BCUT2D eigenvalue weighted by Gasteiger charge is 2.39. The third-order valence-electron chi connectivity index (χ3n) is 7.47. The number of hydrogen-bond acceptors (Lipinski definition) is 3. The lowest BCUT2D eigenvalue weighted by molar-refractivity contribution is -0.124. The second-order valence-electron chi connectivity index (χ2n) is 9.92. The van der Waals surface area contributed by atoms with Crippen molar-refractivity contribution in [3.63, 3.8) is 0 Å². The third kappa shape index (κ3) is 5.03. The van der Waals surface area contributed by atoms with Gasteiger partial charge in [0.15, 0.2) is 5.17 Å². The summed E-state index contributed by atoms with van der Waals surface area (Å²) >= 11 is 3.97. The molecule has 2 saturated carbocycles. The molecule has 180 valence electrons. The molecule has 1 amide bonds. The molecule has 1 aromatic carbocycles. The monoisotopic (exact) mass is 587 g/mol. The number of carbonyl (C=O) groups is 1. The average molecular weight is 588 g/mol. The second-order valence-corrected chi connectivity index (χ2v) is 12.2. The van der Waals surface area contributed by atoms with Crippen molar-refractivity contribution < 1.29 is 4.79 Å². The predicted octanol–water partition coefficient (Wildman–Crippen LogP) is 7.64. The second kappa shape index (κ2) is 10.6. The quantitative estimate of drug-likeness (QED) is 0.273. The van der Waals surface area contributed by atoms with E-state index >= 15 is 0 Å². The van der Waals surface area contributed by atoms with Crippen LogP contribution in [0.25, 0.3) is 11.8 Å². The molecular formula is C28H34IN3OS. The molecule has 0 N–H and O–H groups in total. The van der Waals surface area contributed by atoms with Crippen molar-refractivity contribution in [3.8, 4) is 5.69 Å². The summed E-state index contributed by atoms with van der Waals surface area (Å²) in [5.74, 6) is 0.158. The van der Waals surface area contributed by atoms with E-state index in [9.17, 15) is 4.79 Å². The van der Waals surface area contributed by atoms with Gasteiger partial charge in [0.05, 0.1) is 10.9 Å². The van der Waals surface area contributed by atoms with Gasteiger partial charge in [-0.15, -0.1) is 0 Å². The maximum Gasteiger partial charge on any atom is 0.267 e. The molecule has 4 nitrogen and oxygen atoms in total. The summed E-state index contributed by atoms with van der Waals surface area (Å²) < 4.78 is 3.50. The van der Waals surface area contributed by atoms with E-state index in [2.05, 4.69) is 82.3 Å². The van der Waals surface area contributed by atoms with Gasteiger partial charge in [0.2, 0.25) is 0 Å². The van der Waals surface area contributed by atoms with Gasteiger partial charge in [-0.3, -0.25) is 14.7 Å². The highest BCUT2D eigenvalue weighted by Crippen LogP contribution is 2.39. The van der Waals surface area contributed by atoms with E-state index in [-0.39, 0.29) is 5.91 Å². The molecule has 0 atom stereocenters. The fraction of sp³-hybridized carbons (Fsp3) is 0.500. The van der Waals surface area contributed by atoms with Gasteiger partial charge in [-0.2, -0.15) is 0 Å². The summed E-state index contributed by atoms with van der Waals surface area (Å²) in [5, 5.41) is 0.960. The number of aliphatic imine (C=N–C) groups is 1. The first kappa shape index (κ1) is 24.2. The van der Waals surface area contributed by atoms with E-state index in [4.69, 9.17) is 4.99 Å². The van der Waals surface area contributed by atoms with Gasteiger partial charge in [0, 0.05) is 26.7 Å². The number of amides is 1. The van der Waals surface area contributed by atoms with Crippen LogP contribution in [0.3, 0.4) is 0 Å². The fourth-order valence-corrected chi connectivity index (χ4v) is 7.32. The fourth-order valence-electron chi connectivity index (χ4n) is 5.69. The Kier molecular flexibility index (Phi) is 7.54. The summed E-state index contributed by atoms with van der Waals surface area (Å²) in [7, 11) is 0. The zero-order valence-corrected chi connectivity index (χ0v) is 23.2. The molecule has 3 fully saturated rings.